The van der Waals surface area contributed by atoms with Crippen molar-refractivity contribution in [1.82, 2.24) is 0 Å². The van der Waals surface area contributed by atoms with Gasteiger partial charge in [0.15, 0.2) is 0 Å². The Balaban J connectivity index is 3.06. The van der Waals surface area contributed by atoms with Gasteiger partial charge >= 0.3 is 0 Å². The largest absolute Gasteiger partial charge is 0.323 e. The van der Waals surface area contributed by atoms with E-state index in [1.54, 1.807) is 19.1 Å². The van der Waals surface area contributed by atoms with Gasteiger partial charge in [-0.05, 0) is 24.6 Å². The Morgan fingerprint density at radius 1 is 1.36 bits per heavy atom. The van der Waals surface area contributed by atoms with Gasteiger partial charge in [-0.3, -0.25) is 4.79 Å². The highest BCUT2D eigenvalue weighted by Crippen LogP contribution is 2.30. The fourth-order valence-corrected chi connectivity index (χ4v) is 1.46. The first kappa shape index (κ1) is 11.6. The van der Waals surface area contributed by atoms with Gasteiger partial charge in [0.1, 0.15) is 5.88 Å². The van der Waals surface area contributed by atoms with Gasteiger partial charge in [0.25, 0.3) is 0 Å². The smallest absolute Gasteiger partial charge is 0.239 e. The van der Waals surface area contributed by atoms with Crippen molar-refractivity contribution in [2.45, 2.75) is 6.92 Å². The summed E-state index contributed by atoms with van der Waals surface area (Å²) in [5.74, 6) is -0.415. The summed E-state index contributed by atoms with van der Waals surface area (Å²) in [6, 6.07) is 3.30. The van der Waals surface area contributed by atoms with Crippen LogP contribution in [0.2, 0.25) is 10.0 Å². The minimum absolute atomic E-state index is 0.109. The minimum Gasteiger partial charge on any atom is -0.323 e. The number of hydrogen-bond donors (Lipinski definition) is 1. The molecule has 0 saturated carbocycles. The zero-order chi connectivity index (χ0) is 10.7. The molecule has 0 spiro atoms. The summed E-state index contributed by atoms with van der Waals surface area (Å²) in [6.45, 7) is 1.78. The van der Waals surface area contributed by atoms with E-state index in [1.807, 2.05) is 0 Å². The molecule has 14 heavy (non-hydrogen) atoms. The van der Waals surface area contributed by atoms with E-state index in [4.69, 9.17) is 34.8 Å². The zero-order valence-corrected chi connectivity index (χ0v) is 9.67. The van der Waals surface area contributed by atoms with E-state index in [9.17, 15) is 4.79 Å². The van der Waals surface area contributed by atoms with Crippen LogP contribution in [0.5, 0.6) is 0 Å². The molecular formula is C9H8Cl3NO. The third kappa shape index (κ3) is 2.53. The van der Waals surface area contributed by atoms with Gasteiger partial charge in [-0.1, -0.05) is 23.2 Å². The van der Waals surface area contributed by atoms with Gasteiger partial charge < -0.3 is 5.32 Å². The molecule has 1 aromatic carbocycles. The second-order valence-corrected chi connectivity index (χ2v) is 3.79. The molecule has 0 atom stereocenters. The molecule has 0 aliphatic carbocycles. The number of anilines is 1. The third-order valence-electron chi connectivity index (χ3n) is 1.73. The summed E-state index contributed by atoms with van der Waals surface area (Å²) in [5.41, 5.74) is 1.25. The minimum atomic E-state index is -0.307. The summed E-state index contributed by atoms with van der Waals surface area (Å²) in [6.07, 6.45) is 0. The summed E-state index contributed by atoms with van der Waals surface area (Å²) in [5, 5.41) is 3.59. The van der Waals surface area contributed by atoms with Crippen LogP contribution >= 0.6 is 34.8 Å². The Hall–Kier alpha value is -0.440. The number of hydrogen-bond acceptors (Lipinski definition) is 1. The van der Waals surface area contributed by atoms with E-state index < -0.39 is 0 Å². The van der Waals surface area contributed by atoms with Crippen LogP contribution in [0.4, 0.5) is 5.69 Å². The Morgan fingerprint density at radius 3 is 2.50 bits per heavy atom. The van der Waals surface area contributed by atoms with Crippen LogP contribution in [0.25, 0.3) is 0 Å². The molecule has 0 unspecified atom stereocenters. The Kier molecular flexibility index (Phi) is 4.05. The first-order valence-corrected chi connectivity index (χ1v) is 5.15. The second-order valence-electron chi connectivity index (χ2n) is 2.71. The summed E-state index contributed by atoms with van der Waals surface area (Å²) < 4.78 is 0. The van der Waals surface area contributed by atoms with E-state index in [-0.39, 0.29) is 11.8 Å². The molecule has 0 heterocycles. The molecule has 1 N–H and O–H groups in total. The molecule has 0 aliphatic heterocycles. The highest BCUT2D eigenvalue weighted by atomic mass is 35.5. The van der Waals surface area contributed by atoms with E-state index in [0.29, 0.717) is 15.7 Å². The molecule has 0 aromatic heterocycles. The van der Waals surface area contributed by atoms with Gasteiger partial charge in [-0.25, -0.2) is 0 Å². The van der Waals surface area contributed by atoms with E-state index in [2.05, 4.69) is 5.32 Å². The molecule has 0 aliphatic rings. The van der Waals surface area contributed by atoms with Crippen molar-refractivity contribution in [2.75, 3.05) is 11.2 Å². The fraction of sp³-hybridized carbons (Fsp3) is 0.222. The number of alkyl halides is 1. The van der Waals surface area contributed by atoms with Crippen LogP contribution in [0.3, 0.4) is 0 Å². The highest BCUT2D eigenvalue weighted by molar-refractivity contribution is 6.37. The standard InChI is InChI=1S/C9H8Cl3NO/c1-5-6(11)2-3-7(12)9(5)13-8(14)4-10/h2-3H,4H2,1H3,(H,13,14). The maximum Gasteiger partial charge on any atom is 0.239 e. The highest BCUT2D eigenvalue weighted by Gasteiger charge is 2.09. The van der Waals surface area contributed by atoms with E-state index in [0.717, 1.165) is 5.56 Å². The number of benzene rings is 1. The molecular weight excluding hydrogens is 244 g/mol. The van der Waals surface area contributed by atoms with E-state index >= 15 is 0 Å². The molecule has 0 radical (unpaired) electrons. The number of rotatable bonds is 2. The monoisotopic (exact) mass is 251 g/mol. The molecule has 1 rings (SSSR count). The number of amides is 1. The predicted octanol–water partition coefficient (Wildman–Crippen LogP) is 3.48. The third-order valence-corrected chi connectivity index (χ3v) is 2.70. The van der Waals surface area contributed by atoms with Crippen LogP contribution in [-0.4, -0.2) is 11.8 Å². The van der Waals surface area contributed by atoms with Crippen molar-refractivity contribution in [3.63, 3.8) is 0 Å². The van der Waals surface area contributed by atoms with Crippen LogP contribution in [-0.2, 0) is 4.79 Å². The van der Waals surface area contributed by atoms with Crippen LogP contribution < -0.4 is 5.32 Å². The number of carbonyl (C=O) groups excluding carboxylic acids is 1. The lowest BCUT2D eigenvalue weighted by atomic mass is 10.2. The molecule has 76 valence electrons. The molecule has 2 nitrogen and oxygen atoms in total. The van der Waals surface area contributed by atoms with Crippen LogP contribution in [0.1, 0.15) is 5.56 Å². The Labute approximate surface area is 97.1 Å². The lowest BCUT2D eigenvalue weighted by molar-refractivity contribution is -0.113. The summed E-state index contributed by atoms with van der Waals surface area (Å²) >= 11 is 17.1. The average Bonchev–Trinajstić information content (AvgIpc) is 2.18. The predicted molar refractivity (Wildman–Crippen MR) is 60.5 cm³/mol. The Morgan fingerprint density at radius 2 is 1.93 bits per heavy atom. The molecule has 5 heteroatoms. The van der Waals surface area contributed by atoms with Crippen molar-refractivity contribution >= 4 is 46.4 Å². The first-order chi connectivity index (χ1) is 6.56. The van der Waals surface area contributed by atoms with Crippen molar-refractivity contribution < 1.29 is 4.79 Å². The molecule has 1 aromatic rings. The van der Waals surface area contributed by atoms with Gasteiger partial charge in [-0.15, -0.1) is 11.6 Å². The number of nitrogens with one attached hydrogen (secondary N) is 1. The van der Waals surface area contributed by atoms with Crippen molar-refractivity contribution in [2.24, 2.45) is 0 Å². The topological polar surface area (TPSA) is 29.1 Å². The van der Waals surface area contributed by atoms with Crippen LogP contribution in [0, 0.1) is 6.92 Å². The van der Waals surface area contributed by atoms with Crippen LogP contribution in [0.15, 0.2) is 12.1 Å². The maximum atomic E-state index is 11.1. The molecule has 0 fully saturated rings. The summed E-state index contributed by atoms with van der Waals surface area (Å²) in [4.78, 5) is 11.1. The second kappa shape index (κ2) is 4.87. The maximum absolute atomic E-state index is 11.1. The van der Waals surface area contributed by atoms with Gasteiger partial charge in [-0.2, -0.15) is 0 Å². The SMILES string of the molecule is Cc1c(Cl)ccc(Cl)c1NC(=O)CCl. The first-order valence-electron chi connectivity index (χ1n) is 3.86. The van der Waals surface area contributed by atoms with Crippen molar-refractivity contribution in [1.29, 1.82) is 0 Å². The fourth-order valence-electron chi connectivity index (χ4n) is 0.979. The lowest BCUT2D eigenvalue weighted by Crippen LogP contribution is -2.13. The van der Waals surface area contributed by atoms with Gasteiger partial charge in [0.2, 0.25) is 5.91 Å². The number of carbonyl (C=O) groups is 1. The Bertz CT molecular complexity index is 365. The average molecular weight is 253 g/mol. The van der Waals surface area contributed by atoms with Gasteiger partial charge in [0, 0.05) is 5.02 Å². The van der Waals surface area contributed by atoms with Crippen molar-refractivity contribution in [3.8, 4) is 0 Å². The van der Waals surface area contributed by atoms with Gasteiger partial charge in [0.05, 0.1) is 10.7 Å². The molecule has 0 bridgehead atoms. The summed E-state index contributed by atoms with van der Waals surface area (Å²) in [7, 11) is 0. The quantitative estimate of drug-likeness (QED) is 0.802. The normalized spacial score (nSPS) is 10.0. The number of halogens is 3. The zero-order valence-electron chi connectivity index (χ0n) is 7.40. The van der Waals surface area contributed by atoms with E-state index in [1.165, 1.54) is 0 Å². The molecule has 0 saturated heterocycles. The lowest BCUT2D eigenvalue weighted by Gasteiger charge is -2.10. The molecule has 1 amide bonds. The van der Waals surface area contributed by atoms with Crippen molar-refractivity contribution in [3.05, 3.63) is 27.7 Å².